The van der Waals surface area contributed by atoms with E-state index in [2.05, 4.69) is 10.1 Å². The highest BCUT2D eigenvalue weighted by Crippen LogP contribution is 2.44. The topological polar surface area (TPSA) is 90.1 Å². The summed E-state index contributed by atoms with van der Waals surface area (Å²) in [6.45, 7) is 9.99. The molecule has 0 fully saturated rings. The van der Waals surface area contributed by atoms with E-state index < -0.39 is 11.6 Å². The van der Waals surface area contributed by atoms with Crippen LogP contribution in [0.5, 0.6) is 5.75 Å². The van der Waals surface area contributed by atoms with Gasteiger partial charge in [0.1, 0.15) is 27.4 Å². The van der Waals surface area contributed by atoms with E-state index in [1.165, 1.54) is 11.3 Å². The first-order valence-electron chi connectivity index (χ1n) is 11.7. The molecule has 0 aliphatic heterocycles. The van der Waals surface area contributed by atoms with Gasteiger partial charge >= 0.3 is 5.97 Å². The molecule has 0 aliphatic carbocycles. The quantitative estimate of drug-likeness (QED) is 0.303. The fourth-order valence-electron chi connectivity index (χ4n) is 4.41. The minimum atomic E-state index is -0.876. The number of carboxylic acids is 1. The highest BCUT2D eigenvalue weighted by molar-refractivity contribution is 7.22. The Morgan fingerprint density at radius 3 is 2.61 bits per heavy atom. The molecule has 3 aromatic heterocycles. The molecule has 1 N–H and O–H groups in total. The molecule has 36 heavy (non-hydrogen) atoms. The van der Waals surface area contributed by atoms with Crippen LogP contribution in [0.1, 0.15) is 37.5 Å². The highest BCUT2D eigenvalue weighted by Gasteiger charge is 2.24. The molecule has 2 aromatic carbocycles. The summed E-state index contributed by atoms with van der Waals surface area (Å²) >= 11 is 1.53. The number of fused-ring (bicyclic) bond motifs is 2. The van der Waals surface area contributed by atoms with E-state index in [0.717, 1.165) is 65.4 Å². The predicted octanol–water partition coefficient (Wildman–Crippen LogP) is 6.33. The molecule has 5 aromatic rings. The lowest BCUT2D eigenvalue weighted by Crippen LogP contribution is -2.23. The monoisotopic (exact) mass is 500 g/mol. The van der Waals surface area contributed by atoms with Crippen molar-refractivity contribution in [3.63, 3.8) is 0 Å². The van der Waals surface area contributed by atoms with Gasteiger partial charge in [-0.1, -0.05) is 12.1 Å². The van der Waals surface area contributed by atoms with Crippen LogP contribution in [0.3, 0.4) is 0 Å². The van der Waals surface area contributed by atoms with Gasteiger partial charge in [0.25, 0.3) is 0 Å². The van der Waals surface area contributed by atoms with Crippen molar-refractivity contribution >= 4 is 38.6 Å². The van der Waals surface area contributed by atoms with Crippen molar-refractivity contribution in [2.75, 3.05) is 0 Å². The van der Waals surface area contributed by atoms with E-state index >= 15 is 0 Å². The van der Waals surface area contributed by atoms with Crippen LogP contribution in [0.15, 0.2) is 42.7 Å². The molecule has 0 amide bonds. The standard InChI is InChI=1S/C28H28N4O3S/c1-15-7-8-18(23(9-15)35-28(3,4)5)25-19(12-24(33)34)16(2)10-21-26(25)36-27(30-21)17-11-20-22(29-13-17)14-32(6)31-20/h7-11,13-14H,12H2,1-6H3,(H,33,34). The van der Waals surface area contributed by atoms with Crippen molar-refractivity contribution in [3.8, 4) is 27.4 Å². The highest BCUT2D eigenvalue weighted by atomic mass is 32.1. The average molecular weight is 501 g/mol. The smallest absolute Gasteiger partial charge is 0.307 e. The molecule has 0 spiro atoms. The fraction of sp³-hybridized carbons (Fsp3) is 0.286. The van der Waals surface area contributed by atoms with E-state index in [4.69, 9.17) is 9.72 Å². The number of hydrogen-bond acceptors (Lipinski definition) is 6. The lowest BCUT2D eigenvalue weighted by atomic mass is 9.92. The third-order valence-electron chi connectivity index (χ3n) is 5.88. The summed E-state index contributed by atoms with van der Waals surface area (Å²) in [7, 11) is 1.87. The summed E-state index contributed by atoms with van der Waals surface area (Å²) in [6.07, 6.45) is 3.60. The molecule has 0 saturated heterocycles. The molecular weight excluding hydrogens is 472 g/mol. The minimum absolute atomic E-state index is 0.0887. The van der Waals surface area contributed by atoms with Crippen LogP contribution >= 0.6 is 11.3 Å². The molecule has 7 nitrogen and oxygen atoms in total. The maximum Gasteiger partial charge on any atom is 0.307 e. The van der Waals surface area contributed by atoms with Crippen LogP contribution < -0.4 is 4.74 Å². The second-order valence-electron chi connectivity index (χ2n) is 10.1. The second-order valence-corrected chi connectivity index (χ2v) is 11.1. The zero-order chi connectivity index (χ0) is 25.8. The predicted molar refractivity (Wildman–Crippen MR) is 144 cm³/mol. The molecule has 0 unspecified atom stereocenters. The number of carboxylic acid groups (broad SMARTS) is 1. The molecular formula is C28H28N4O3S. The summed E-state index contributed by atoms with van der Waals surface area (Å²) in [5, 5.41) is 15.1. The number of aliphatic carboxylic acids is 1. The molecule has 0 radical (unpaired) electrons. The zero-order valence-electron chi connectivity index (χ0n) is 21.2. The van der Waals surface area contributed by atoms with Crippen molar-refractivity contribution < 1.29 is 14.6 Å². The number of aromatic nitrogens is 4. The van der Waals surface area contributed by atoms with Crippen LogP contribution in [0.4, 0.5) is 0 Å². The van der Waals surface area contributed by atoms with Crippen LogP contribution in [-0.2, 0) is 18.3 Å². The van der Waals surface area contributed by atoms with Crippen molar-refractivity contribution in [3.05, 3.63) is 59.4 Å². The number of hydrogen-bond donors (Lipinski definition) is 1. The minimum Gasteiger partial charge on any atom is -0.487 e. The van der Waals surface area contributed by atoms with Gasteiger partial charge in [-0.2, -0.15) is 5.10 Å². The molecule has 0 bridgehead atoms. The van der Waals surface area contributed by atoms with Crippen LogP contribution in [0.2, 0.25) is 0 Å². The van der Waals surface area contributed by atoms with Crippen molar-refractivity contribution in [2.24, 2.45) is 7.05 Å². The Hall–Kier alpha value is -3.78. The number of benzene rings is 2. The van der Waals surface area contributed by atoms with E-state index in [0.29, 0.717) is 0 Å². The molecule has 5 rings (SSSR count). The normalized spacial score (nSPS) is 11.9. The van der Waals surface area contributed by atoms with E-state index in [-0.39, 0.29) is 6.42 Å². The largest absolute Gasteiger partial charge is 0.487 e. The van der Waals surface area contributed by atoms with Gasteiger partial charge in [-0.15, -0.1) is 11.3 Å². The van der Waals surface area contributed by atoms with Crippen LogP contribution in [-0.4, -0.2) is 36.4 Å². The first-order valence-corrected chi connectivity index (χ1v) is 12.5. The number of nitrogens with zero attached hydrogens (tertiary/aromatic N) is 4. The number of ether oxygens (including phenoxy) is 1. The first kappa shape index (κ1) is 23.9. The maximum absolute atomic E-state index is 11.9. The average Bonchev–Trinajstić information content (AvgIpc) is 3.35. The number of rotatable bonds is 5. The number of pyridine rings is 1. The molecule has 0 aliphatic rings. The maximum atomic E-state index is 11.9. The molecule has 8 heteroatoms. The van der Waals surface area contributed by atoms with Gasteiger partial charge in [-0.3, -0.25) is 14.5 Å². The Bertz CT molecular complexity index is 1640. The molecule has 0 atom stereocenters. The van der Waals surface area contributed by atoms with Gasteiger partial charge in [0.2, 0.25) is 0 Å². The second kappa shape index (κ2) is 8.71. The molecule has 184 valence electrons. The van der Waals surface area contributed by atoms with Gasteiger partial charge in [0.15, 0.2) is 0 Å². The Labute approximate surface area is 213 Å². The SMILES string of the molecule is Cc1ccc(-c2c(CC(=O)O)c(C)cc3nc(-c4cnc5cn(C)nc5c4)sc23)c(OC(C)(C)C)c1. The Kier molecular flexibility index (Phi) is 5.79. The Morgan fingerprint density at radius 2 is 1.89 bits per heavy atom. The zero-order valence-corrected chi connectivity index (χ0v) is 22.0. The van der Waals surface area contributed by atoms with Gasteiger partial charge in [-0.05, 0) is 69.5 Å². The first-order chi connectivity index (χ1) is 17.0. The number of aryl methyl sites for hydroxylation is 3. The third-order valence-corrected chi connectivity index (χ3v) is 7.02. The summed E-state index contributed by atoms with van der Waals surface area (Å²) in [5.74, 6) is -0.147. The van der Waals surface area contributed by atoms with E-state index in [1.807, 2.05) is 84.4 Å². The lowest BCUT2D eigenvalue weighted by Gasteiger charge is -2.25. The number of carbonyl (C=O) groups is 1. The van der Waals surface area contributed by atoms with Crippen molar-refractivity contribution in [2.45, 2.75) is 46.6 Å². The van der Waals surface area contributed by atoms with Gasteiger partial charge in [0.05, 0.1) is 22.8 Å². The molecule has 0 saturated carbocycles. The van der Waals surface area contributed by atoms with Gasteiger partial charge in [-0.25, -0.2) is 4.98 Å². The van der Waals surface area contributed by atoms with Crippen LogP contribution in [0, 0.1) is 13.8 Å². The Morgan fingerprint density at radius 1 is 1.11 bits per heavy atom. The third kappa shape index (κ3) is 4.56. The summed E-state index contributed by atoms with van der Waals surface area (Å²) in [5.41, 5.74) is 7.37. The number of thiazole rings is 1. The molecule has 3 heterocycles. The van der Waals surface area contributed by atoms with Gasteiger partial charge in [0, 0.05) is 29.9 Å². The summed E-state index contributed by atoms with van der Waals surface area (Å²) in [6, 6.07) is 10.0. The summed E-state index contributed by atoms with van der Waals surface area (Å²) < 4.78 is 9.05. The van der Waals surface area contributed by atoms with Crippen molar-refractivity contribution in [1.82, 2.24) is 19.7 Å². The van der Waals surface area contributed by atoms with Crippen LogP contribution in [0.25, 0.3) is 42.9 Å². The van der Waals surface area contributed by atoms with Crippen molar-refractivity contribution in [1.29, 1.82) is 0 Å². The van der Waals surface area contributed by atoms with E-state index in [1.54, 1.807) is 4.68 Å². The van der Waals surface area contributed by atoms with E-state index in [9.17, 15) is 9.90 Å². The lowest BCUT2D eigenvalue weighted by molar-refractivity contribution is -0.136. The van der Waals surface area contributed by atoms with Gasteiger partial charge < -0.3 is 9.84 Å². The summed E-state index contributed by atoms with van der Waals surface area (Å²) in [4.78, 5) is 21.4. The Balaban J connectivity index is 1.78. The fourth-order valence-corrected chi connectivity index (χ4v) is 5.52.